The molecule has 1 atom stereocenters. The molecule has 4 N–H and O–H groups in total. The number of nitrogens with two attached hydrogens (primary N) is 1. The zero-order chi connectivity index (χ0) is 15.8. The number of carbonyl (C=O) groups is 3. The van der Waals surface area contributed by atoms with Crippen molar-refractivity contribution in [3.05, 3.63) is 29.8 Å². The van der Waals surface area contributed by atoms with Gasteiger partial charge < -0.3 is 20.9 Å². The molecule has 0 aliphatic heterocycles. The topological polar surface area (TPSA) is 119 Å². The van der Waals surface area contributed by atoms with Crippen LogP contribution in [0.1, 0.15) is 25.3 Å². The number of hydrogen-bond acceptors (Lipinski definition) is 5. The van der Waals surface area contributed by atoms with Crippen molar-refractivity contribution >= 4 is 17.8 Å². The van der Waals surface area contributed by atoms with Crippen molar-refractivity contribution in [2.75, 3.05) is 0 Å². The van der Waals surface area contributed by atoms with Gasteiger partial charge in [-0.25, -0.2) is 0 Å². The largest absolute Gasteiger partial charge is 0.480 e. The second-order valence-corrected chi connectivity index (χ2v) is 4.48. The molecule has 1 amide bonds. The summed E-state index contributed by atoms with van der Waals surface area (Å²) in [6, 6.07) is 5.91. The zero-order valence-corrected chi connectivity index (χ0v) is 11.7. The summed E-state index contributed by atoms with van der Waals surface area (Å²) in [4.78, 5) is 32.8. The van der Waals surface area contributed by atoms with Crippen molar-refractivity contribution in [2.24, 2.45) is 5.73 Å². The molecule has 114 valence electrons. The van der Waals surface area contributed by atoms with E-state index in [1.807, 2.05) is 0 Å². The first-order valence-electron chi connectivity index (χ1n) is 6.41. The molecule has 21 heavy (non-hydrogen) atoms. The molecular formula is C14H18N2O5. The number of ether oxygens (including phenoxy) is 1. The zero-order valence-electron chi connectivity index (χ0n) is 11.7. The normalized spacial score (nSPS) is 11.7. The molecule has 0 aliphatic rings. The Morgan fingerprint density at radius 3 is 2.57 bits per heavy atom. The molecule has 0 heterocycles. The third kappa shape index (κ3) is 6.05. The molecule has 7 nitrogen and oxygen atoms in total. The van der Waals surface area contributed by atoms with Crippen LogP contribution in [0.25, 0.3) is 0 Å². The Kier molecular flexibility index (Phi) is 6.35. The number of amides is 1. The van der Waals surface area contributed by atoms with Gasteiger partial charge in [0.25, 0.3) is 0 Å². The third-order valence-electron chi connectivity index (χ3n) is 2.74. The van der Waals surface area contributed by atoms with Crippen molar-refractivity contribution < 1.29 is 24.2 Å². The van der Waals surface area contributed by atoms with E-state index in [4.69, 9.17) is 15.6 Å². The van der Waals surface area contributed by atoms with E-state index < -0.39 is 23.9 Å². The van der Waals surface area contributed by atoms with Gasteiger partial charge in [-0.3, -0.25) is 14.4 Å². The fourth-order valence-electron chi connectivity index (χ4n) is 1.74. The van der Waals surface area contributed by atoms with Crippen molar-refractivity contribution in [3.8, 4) is 5.75 Å². The summed E-state index contributed by atoms with van der Waals surface area (Å²) >= 11 is 0. The van der Waals surface area contributed by atoms with Crippen LogP contribution in [-0.2, 0) is 20.9 Å². The van der Waals surface area contributed by atoms with Gasteiger partial charge in [-0.2, -0.15) is 0 Å². The van der Waals surface area contributed by atoms with Crippen LogP contribution >= 0.6 is 0 Å². The van der Waals surface area contributed by atoms with E-state index in [-0.39, 0.29) is 19.4 Å². The highest BCUT2D eigenvalue weighted by Gasteiger charge is 2.18. The fraction of sp³-hybridized carbons (Fsp3) is 0.357. The minimum Gasteiger partial charge on any atom is -0.480 e. The molecule has 0 saturated heterocycles. The Labute approximate surface area is 122 Å². The summed E-state index contributed by atoms with van der Waals surface area (Å²) < 4.78 is 5.04. The number of primary amides is 1. The van der Waals surface area contributed by atoms with Gasteiger partial charge in [0.2, 0.25) is 5.91 Å². The van der Waals surface area contributed by atoms with Crippen LogP contribution < -0.4 is 15.8 Å². The van der Waals surface area contributed by atoms with Gasteiger partial charge in [0.1, 0.15) is 11.8 Å². The van der Waals surface area contributed by atoms with Crippen LogP contribution in [-0.4, -0.2) is 29.0 Å². The van der Waals surface area contributed by atoms with E-state index in [1.54, 1.807) is 24.3 Å². The molecule has 0 aromatic heterocycles. The highest BCUT2D eigenvalue weighted by Crippen LogP contribution is 2.18. The monoisotopic (exact) mass is 294 g/mol. The first kappa shape index (κ1) is 16.6. The van der Waals surface area contributed by atoms with Crippen LogP contribution in [0.2, 0.25) is 0 Å². The molecule has 1 aromatic carbocycles. The lowest BCUT2D eigenvalue weighted by molar-refractivity contribution is -0.140. The van der Waals surface area contributed by atoms with Gasteiger partial charge in [-0.05, 0) is 12.5 Å². The predicted octanol–water partition coefficient (Wildman–Crippen LogP) is 0.420. The number of carboxylic acid groups (broad SMARTS) is 1. The van der Waals surface area contributed by atoms with E-state index in [9.17, 15) is 14.4 Å². The van der Waals surface area contributed by atoms with Gasteiger partial charge in [-0.1, -0.05) is 18.2 Å². The molecule has 0 radical (unpaired) electrons. The van der Waals surface area contributed by atoms with E-state index in [1.165, 1.54) is 6.92 Å². The second-order valence-electron chi connectivity index (χ2n) is 4.48. The number of aliphatic carboxylic acids is 1. The number of para-hydroxylation sites is 1. The SMILES string of the molecule is CC(=O)Oc1ccccc1CN[C@@H](CCC(N)=O)C(=O)O. The van der Waals surface area contributed by atoms with E-state index in [0.717, 1.165) is 0 Å². The number of esters is 1. The molecule has 1 aromatic rings. The van der Waals surface area contributed by atoms with E-state index in [2.05, 4.69) is 5.32 Å². The Bertz CT molecular complexity index is 530. The Balaban J connectivity index is 2.69. The van der Waals surface area contributed by atoms with Crippen molar-refractivity contribution in [1.29, 1.82) is 0 Å². The van der Waals surface area contributed by atoms with Gasteiger partial charge >= 0.3 is 11.9 Å². The maximum Gasteiger partial charge on any atom is 0.320 e. The fourth-order valence-corrected chi connectivity index (χ4v) is 1.74. The van der Waals surface area contributed by atoms with Crippen molar-refractivity contribution in [3.63, 3.8) is 0 Å². The van der Waals surface area contributed by atoms with Crippen LogP contribution in [0.4, 0.5) is 0 Å². The average molecular weight is 294 g/mol. The van der Waals surface area contributed by atoms with Gasteiger partial charge in [0.15, 0.2) is 0 Å². The maximum atomic E-state index is 11.1. The molecule has 0 bridgehead atoms. The minimum atomic E-state index is -1.07. The number of hydrogen-bond donors (Lipinski definition) is 3. The molecule has 1 rings (SSSR count). The number of nitrogens with one attached hydrogen (secondary N) is 1. The number of carbonyl (C=O) groups excluding carboxylic acids is 2. The maximum absolute atomic E-state index is 11.1. The van der Waals surface area contributed by atoms with Gasteiger partial charge in [-0.15, -0.1) is 0 Å². The van der Waals surface area contributed by atoms with Crippen molar-refractivity contribution in [2.45, 2.75) is 32.4 Å². The quantitative estimate of drug-likeness (QED) is 0.472. The van der Waals surface area contributed by atoms with Crippen LogP contribution in [0, 0.1) is 0 Å². The predicted molar refractivity (Wildman–Crippen MR) is 74.4 cm³/mol. The third-order valence-corrected chi connectivity index (χ3v) is 2.74. The summed E-state index contributed by atoms with van der Waals surface area (Å²) in [5, 5.41) is 11.9. The van der Waals surface area contributed by atoms with Crippen LogP contribution in [0.3, 0.4) is 0 Å². The Morgan fingerprint density at radius 2 is 2.00 bits per heavy atom. The summed E-state index contributed by atoms with van der Waals surface area (Å²) in [7, 11) is 0. The molecule has 0 fully saturated rings. The minimum absolute atomic E-state index is 0.0183. The molecular weight excluding hydrogens is 276 g/mol. The van der Waals surface area contributed by atoms with E-state index in [0.29, 0.717) is 11.3 Å². The first-order valence-corrected chi connectivity index (χ1v) is 6.41. The lowest BCUT2D eigenvalue weighted by Gasteiger charge is -2.15. The van der Waals surface area contributed by atoms with Gasteiger partial charge in [0, 0.05) is 25.5 Å². The first-order chi connectivity index (χ1) is 9.90. The molecule has 0 unspecified atom stereocenters. The lowest BCUT2D eigenvalue weighted by Crippen LogP contribution is -2.37. The van der Waals surface area contributed by atoms with E-state index >= 15 is 0 Å². The second kappa shape index (κ2) is 8.01. The number of benzene rings is 1. The van der Waals surface area contributed by atoms with Gasteiger partial charge in [0.05, 0.1) is 0 Å². The van der Waals surface area contributed by atoms with Crippen LogP contribution in [0.15, 0.2) is 24.3 Å². The summed E-state index contributed by atoms with van der Waals surface area (Å²) in [5.74, 6) is -1.70. The molecule has 0 spiro atoms. The highest BCUT2D eigenvalue weighted by atomic mass is 16.5. The Morgan fingerprint density at radius 1 is 1.33 bits per heavy atom. The van der Waals surface area contributed by atoms with Crippen LogP contribution in [0.5, 0.6) is 5.75 Å². The Hall–Kier alpha value is -2.41. The van der Waals surface area contributed by atoms with Crippen molar-refractivity contribution in [1.82, 2.24) is 5.32 Å². The summed E-state index contributed by atoms with van der Waals surface area (Å²) in [6.45, 7) is 1.48. The summed E-state index contributed by atoms with van der Waals surface area (Å²) in [6.07, 6.45) is 0.0793. The molecule has 0 saturated carbocycles. The molecule has 7 heteroatoms. The number of carboxylic acids is 1. The standard InChI is InChI=1S/C14H18N2O5/c1-9(17)21-12-5-3-2-4-10(12)8-16-11(14(19)20)6-7-13(15)18/h2-5,11,16H,6-8H2,1H3,(H2,15,18)(H,19,20)/t11-/m0/s1. The average Bonchev–Trinajstić information content (AvgIpc) is 2.39. The molecule has 0 aliphatic carbocycles. The smallest absolute Gasteiger partial charge is 0.320 e. The highest BCUT2D eigenvalue weighted by molar-refractivity contribution is 5.77. The lowest BCUT2D eigenvalue weighted by atomic mass is 10.1. The number of rotatable bonds is 8. The summed E-state index contributed by atoms with van der Waals surface area (Å²) in [5.41, 5.74) is 5.66.